The van der Waals surface area contributed by atoms with Gasteiger partial charge in [-0.15, -0.1) is 0 Å². The van der Waals surface area contributed by atoms with Crippen molar-refractivity contribution in [2.24, 2.45) is 0 Å². The molecule has 0 saturated heterocycles. The number of hydrogen-bond donors (Lipinski definition) is 1. The summed E-state index contributed by atoms with van der Waals surface area (Å²) in [4.78, 5) is 11.3. The van der Waals surface area contributed by atoms with Gasteiger partial charge < -0.3 is 9.52 Å². The zero-order chi connectivity index (χ0) is 13.3. The first-order valence-corrected chi connectivity index (χ1v) is 5.64. The van der Waals surface area contributed by atoms with Crippen molar-refractivity contribution in [3.63, 3.8) is 0 Å². The van der Waals surface area contributed by atoms with Gasteiger partial charge in [0, 0.05) is 11.1 Å². The topological polar surface area (TPSA) is 50.4 Å². The van der Waals surface area contributed by atoms with Crippen molar-refractivity contribution in [3.05, 3.63) is 47.0 Å². The Bertz CT molecular complexity index is 599. The summed E-state index contributed by atoms with van der Waals surface area (Å²) in [6.45, 7) is 3.49. The average molecular weight is 248 g/mol. The van der Waals surface area contributed by atoms with Crippen LogP contribution in [0.4, 0.5) is 4.39 Å². The van der Waals surface area contributed by atoms with Crippen LogP contribution in [0.2, 0.25) is 0 Å². The molecule has 0 aliphatic rings. The van der Waals surface area contributed by atoms with Crippen LogP contribution in [0.25, 0.3) is 11.3 Å². The van der Waals surface area contributed by atoms with Crippen LogP contribution in [0.3, 0.4) is 0 Å². The third kappa shape index (κ3) is 2.01. The summed E-state index contributed by atoms with van der Waals surface area (Å²) in [6, 6.07) is 4.41. The largest absolute Gasteiger partial charge is 0.478 e. The molecule has 3 nitrogen and oxygen atoms in total. The summed E-state index contributed by atoms with van der Waals surface area (Å²) >= 11 is 0. The number of aryl methyl sites for hydroxylation is 2. The molecule has 94 valence electrons. The lowest BCUT2D eigenvalue weighted by atomic mass is 10.0. The van der Waals surface area contributed by atoms with Gasteiger partial charge in [-0.25, -0.2) is 9.18 Å². The van der Waals surface area contributed by atoms with Gasteiger partial charge in [-0.2, -0.15) is 0 Å². The minimum absolute atomic E-state index is 0.156. The van der Waals surface area contributed by atoms with Gasteiger partial charge >= 0.3 is 5.97 Å². The molecule has 18 heavy (non-hydrogen) atoms. The molecular weight excluding hydrogens is 235 g/mol. The molecule has 0 atom stereocenters. The molecule has 0 radical (unpaired) electrons. The standard InChI is InChI=1S/C14H13FO3/c1-3-9-7-18-13(12(9)14(16)17)10-4-5-11(15)8(2)6-10/h4-7H,3H2,1-2H3,(H,16,17). The van der Waals surface area contributed by atoms with Gasteiger partial charge in [-0.05, 0) is 37.1 Å². The summed E-state index contributed by atoms with van der Waals surface area (Å²) in [5.41, 5.74) is 1.83. The highest BCUT2D eigenvalue weighted by atomic mass is 19.1. The fourth-order valence-corrected chi connectivity index (χ4v) is 1.89. The molecule has 1 aromatic carbocycles. The van der Waals surface area contributed by atoms with Crippen molar-refractivity contribution in [2.75, 3.05) is 0 Å². The van der Waals surface area contributed by atoms with E-state index in [2.05, 4.69) is 0 Å². The van der Waals surface area contributed by atoms with E-state index in [0.717, 1.165) is 0 Å². The molecule has 1 heterocycles. The molecule has 0 unspecified atom stereocenters. The van der Waals surface area contributed by atoms with Crippen molar-refractivity contribution in [1.82, 2.24) is 0 Å². The molecule has 2 rings (SSSR count). The molecule has 1 aromatic heterocycles. The second-order valence-corrected chi connectivity index (χ2v) is 4.09. The number of halogens is 1. The number of carbonyl (C=O) groups is 1. The number of carboxylic acid groups (broad SMARTS) is 1. The predicted octanol–water partition coefficient (Wildman–Crippen LogP) is 3.65. The highest BCUT2D eigenvalue weighted by Crippen LogP contribution is 2.29. The highest BCUT2D eigenvalue weighted by Gasteiger charge is 2.20. The first kappa shape index (κ1) is 12.4. The van der Waals surface area contributed by atoms with E-state index in [1.165, 1.54) is 18.4 Å². The Hall–Kier alpha value is -2.10. The third-order valence-corrected chi connectivity index (χ3v) is 2.88. The fraction of sp³-hybridized carbons (Fsp3) is 0.214. The van der Waals surface area contributed by atoms with Crippen LogP contribution in [0.5, 0.6) is 0 Å². The molecule has 0 fully saturated rings. The second kappa shape index (κ2) is 4.64. The molecule has 0 aliphatic heterocycles. The highest BCUT2D eigenvalue weighted by molar-refractivity contribution is 5.96. The Morgan fingerprint density at radius 3 is 2.72 bits per heavy atom. The number of carboxylic acids is 1. The van der Waals surface area contributed by atoms with Crippen LogP contribution in [-0.2, 0) is 6.42 Å². The third-order valence-electron chi connectivity index (χ3n) is 2.88. The Morgan fingerprint density at radius 1 is 1.44 bits per heavy atom. The van der Waals surface area contributed by atoms with Crippen molar-refractivity contribution in [1.29, 1.82) is 0 Å². The van der Waals surface area contributed by atoms with Gasteiger partial charge in [-0.1, -0.05) is 6.92 Å². The minimum Gasteiger partial charge on any atom is -0.478 e. The first-order chi connectivity index (χ1) is 8.54. The molecule has 0 amide bonds. The first-order valence-electron chi connectivity index (χ1n) is 5.64. The van der Waals surface area contributed by atoms with Gasteiger partial charge in [0.2, 0.25) is 0 Å². The Kier molecular flexibility index (Phi) is 3.19. The van der Waals surface area contributed by atoms with Crippen LogP contribution in [0.15, 0.2) is 28.9 Å². The number of furan rings is 1. The summed E-state index contributed by atoms with van der Waals surface area (Å²) in [5.74, 6) is -1.07. The van der Waals surface area contributed by atoms with E-state index >= 15 is 0 Å². The maximum atomic E-state index is 13.2. The normalized spacial score (nSPS) is 10.6. The second-order valence-electron chi connectivity index (χ2n) is 4.09. The molecule has 4 heteroatoms. The van der Waals surface area contributed by atoms with Crippen LogP contribution in [0.1, 0.15) is 28.4 Å². The Balaban J connectivity index is 2.60. The van der Waals surface area contributed by atoms with Gasteiger partial charge in [0.1, 0.15) is 17.1 Å². The minimum atomic E-state index is -1.03. The lowest BCUT2D eigenvalue weighted by molar-refractivity contribution is 0.0696. The van der Waals surface area contributed by atoms with Crippen LogP contribution >= 0.6 is 0 Å². The van der Waals surface area contributed by atoms with E-state index in [1.54, 1.807) is 13.0 Å². The van der Waals surface area contributed by atoms with Crippen LogP contribution < -0.4 is 0 Å². The molecule has 0 bridgehead atoms. The van der Waals surface area contributed by atoms with E-state index in [4.69, 9.17) is 4.42 Å². The van der Waals surface area contributed by atoms with E-state index < -0.39 is 5.97 Å². The summed E-state index contributed by atoms with van der Waals surface area (Å²) in [5, 5.41) is 9.22. The molecule has 0 saturated carbocycles. The van der Waals surface area contributed by atoms with Crippen molar-refractivity contribution < 1.29 is 18.7 Å². The lowest BCUT2D eigenvalue weighted by Gasteiger charge is -2.03. The van der Waals surface area contributed by atoms with E-state index in [0.29, 0.717) is 23.1 Å². The number of benzene rings is 1. The zero-order valence-corrected chi connectivity index (χ0v) is 10.2. The molecule has 1 N–H and O–H groups in total. The zero-order valence-electron chi connectivity index (χ0n) is 10.2. The Morgan fingerprint density at radius 2 is 2.17 bits per heavy atom. The number of aromatic carboxylic acids is 1. The van der Waals surface area contributed by atoms with E-state index in [9.17, 15) is 14.3 Å². The van der Waals surface area contributed by atoms with Crippen LogP contribution in [0, 0.1) is 12.7 Å². The molecule has 0 aliphatic carbocycles. The average Bonchev–Trinajstić information content (AvgIpc) is 2.76. The summed E-state index contributed by atoms with van der Waals surface area (Å²) in [6.07, 6.45) is 2.02. The number of hydrogen-bond acceptors (Lipinski definition) is 2. The fourth-order valence-electron chi connectivity index (χ4n) is 1.89. The van der Waals surface area contributed by atoms with Crippen molar-refractivity contribution >= 4 is 5.97 Å². The van der Waals surface area contributed by atoms with E-state index in [1.807, 2.05) is 6.92 Å². The lowest BCUT2D eigenvalue weighted by Crippen LogP contribution is -2.00. The maximum absolute atomic E-state index is 13.2. The maximum Gasteiger partial charge on any atom is 0.339 e. The van der Waals surface area contributed by atoms with Crippen molar-refractivity contribution in [2.45, 2.75) is 20.3 Å². The summed E-state index contributed by atoms with van der Waals surface area (Å²) in [7, 11) is 0. The van der Waals surface area contributed by atoms with Gasteiger partial charge in [0.15, 0.2) is 0 Å². The SMILES string of the molecule is CCc1coc(-c2ccc(F)c(C)c2)c1C(=O)O. The van der Waals surface area contributed by atoms with Crippen LogP contribution in [-0.4, -0.2) is 11.1 Å². The smallest absolute Gasteiger partial charge is 0.339 e. The Labute approximate surface area is 104 Å². The predicted molar refractivity (Wildman–Crippen MR) is 65.2 cm³/mol. The summed E-state index contributed by atoms with van der Waals surface area (Å²) < 4.78 is 18.5. The quantitative estimate of drug-likeness (QED) is 0.901. The molecule has 2 aromatic rings. The molecule has 0 spiro atoms. The van der Waals surface area contributed by atoms with E-state index in [-0.39, 0.29) is 17.1 Å². The monoisotopic (exact) mass is 248 g/mol. The number of rotatable bonds is 3. The van der Waals surface area contributed by atoms with Crippen molar-refractivity contribution in [3.8, 4) is 11.3 Å². The van der Waals surface area contributed by atoms with Gasteiger partial charge in [0.05, 0.1) is 6.26 Å². The molecular formula is C14H13FO3. The van der Waals surface area contributed by atoms with Gasteiger partial charge in [0.25, 0.3) is 0 Å². The van der Waals surface area contributed by atoms with Gasteiger partial charge in [-0.3, -0.25) is 0 Å².